The largest absolute Gasteiger partial charge is 0.368 e. The van der Waals surface area contributed by atoms with E-state index in [0.717, 1.165) is 16.2 Å². The zero-order chi connectivity index (χ0) is 11.3. The minimum absolute atomic E-state index is 0.487. The molecular formula is C12H19BrN2. The number of hydrogen-bond acceptors (Lipinski definition) is 2. The van der Waals surface area contributed by atoms with E-state index in [1.54, 1.807) is 0 Å². The van der Waals surface area contributed by atoms with Crippen LogP contribution in [-0.2, 0) is 0 Å². The van der Waals surface area contributed by atoms with Gasteiger partial charge in [0.2, 0.25) is 0 Å². The van der Waals surface area contributed by atoms with Gasteiger partial charge in [0.05, 0.1) is 0 Å². The van der Waals surface area contributed by atoms with Crippen LogP contribution >= 0.6 is 15.9 Å². The smallest absolute Gasteiger partial charge is 0.126 e. The lowest BCUT2D eigenvalue weighted by Crippen LogP contribution is -2.16. The number of rotatable bonds is 5. The van der Waals surface area contributed by atoms with Crippen LogP contribution in [0.25, 0.3) is 0 Å². The van der Waals surface area contributed by atoms with Crippen molar-refractivity contribution in [2.45, 2.75) is 39.7 Å². The Hall–Kier alpha value is -0.570. The van der Waals surface area contributed by atoms with Crippen LogP contribution in [0.2, 0.25) is 0 Å². The van der Waals surface area contributed by atoms with Crippen molar-refractivity contribution in [3.8, 4) is 0 Å². The normalized spacial score (nSPS) is 12.9. The summed E-state index contributed by atoms with van der Waals surface area (Å²) < 4.78 is 1.02. The fourth-order valence-electron chi connectivity index (χ4n) is 1.37. The van der Waals surface area contributed by atoms with E-state index < -0.39 is 0 Å². The molecule has 84 valence electrons. The first-order valence-corrected chi connectivity index (χ1v) is 6.25. The molecule has 1 aromatic heterocycles. The highest BCUT2D eigenvalue weighted by molar-refractivity contribution is 9.10. The van der Waals surface area contributed by atoms with E-state index in [0.29, 0.717) is 6.04 Å². The lowest BCUT2D eigenvalue weighted by atomic mass is 10.0. The highest BCUT2D eigenvalue weighted by Crippen LogP contribution is 2.13. The predicted octanol–water partition coefficient (Wildman–Crippen LogP) is 4.08. The van der Waals surface area contributed by atoms with Crippen molar-refractivity contribution in [2.75, 3.05) is 5.32 Å². The van der Waals surface area contributed by atoms with Crippen LogP contribution < -0.4 is 5.32 Å². The van der Waals surface area contributed by atoms with Crippen molar-refractivity contribution in [1.82, 2.24) is 4.98 Å². The molecule has 0 aromatic carbocycles. The molecule has 0 bridgehead atoms. The van der Waals surface area contributed by atoms with Crippen molar-refractivity contribution < 1.29 is 0 Å². The number of hydrogen-bond donors (Lipinski definition) is 1. The van der Waals surface area contributed by atoms with E-state index in [1.165, 1.54) is 12.8 Å². The molecule has 15 heavy (non-hydrogen) atoms. The van der Waals surface area contributed by atoms with Gasteiger partial charge in [-0.25, -0.2) is 4.98 Å². The molecule has 0 spiro atoms. The number of anilines is 1. The summed E-state index contributed by atoms with van der Waals surface area (Å²) >= 11 is 3.37. The molecule has 0 saturated heterocycles. The van der Waals surface area contributed by atoms with Crippen LogP contribution in [-0.4, -0.2) is 11.0 Å². The summed E-state index contributed by atoms with van der Waals surface area (Å²) in [6, 6.07) is 4.49. The Kier molecular flexibility index (Phi) is 5.09. The van der Waals surface area contributed by atoms with Gasteiger partial charge in [0, 0.05) is 16.7 Å². The second kappa shape index (κ2) is 6.11. The maximum Gasteiger partial charge on any atom is 0.126 e. The summed E-state index contributed by atoms with van der Waals surface area (Å²) in [5.41, 5.74) is 0. The molecule has 0 radical (unpaired) electrons. The van der Waals surface area contributed by atoms with E-state index in [4.69, 9.17) is 0 Å². The number of aromatic nitrogens is 1. The number of nitrogens with zero attached hydrogens (tertiary/aromatic N) is 1. The number of halogens is 1. The molecule has 0 amide bonds. The lowest BCUT2D eigenvalue weighted by molar-refractivity contribution is 0.527. The predicted molar refractivity (Wildman–Crippen MR) is 69.1 cm³/mol. The Morgan fingerprint density at radius 2 is 2.00 bits per heavy atom. The molecular weight excluding hydrogens is 252 g/mol. The Morgan fingerprint density at radius 3 is 2.53 bits per heavy atom. The van der Waals surface area contributed by atoms with Gasteiger partial charge in [0.15, 0.2) is 0 Å². The molecule has 1 heterocycles. The van der Waals surface area contributed by atoms with Gasteiger partial charge in [0.1, 0.15) is 5.82 Å². The van der Waals surface area contributed by atoms with Gasteiger partial charge >= 0.3 is 0 Å². The first-order valence-electron chi connectivity index (χ1n) is 5.46. The van der Waals surface area contributed by atoms with Gasteiger partial charge in [-0.15, -0.1) is 0 Å². The van der Waals surface area contributed by atoms with Crippen molar-refractivity contribution in [1.29, 1.82) is 0 Å². The molecule has 0 aliphatic carbocycles. The topological polar surface area (TPSA) is 24.9 Å². The van der Waals surface area contributed by atoms with Gasteiger partial charge in [0.25, 0.3) is 0 Å². The zero-order valence-corrected chi connectivity index (χ0v) is 11.2. The monoisotopic (exact) mass is 270 g/mol. The quantitative estimate of drug-likeness (QED) is 0.872. The Morgan fingerprint density at radius 1 is 1.27 bits per heavy atom. The molecule has 0 aliphatic heterocycles. The minimum atomic E-state index is 0.487. The third kappa shape index (κ3) is 5.17. The third-order valence-electron chi connectivity index (χ3n) is 2.30. The second-order valence-electron chi connectivity index (χ2n) is 4.38. The van der Waals surface area contributed by atoms with Crippen LogP contribution in [0.15, 0.2) is 22.8 Å². The number of pyridine rings is 1. The van der Waals surface area contributed by atoms with Crippen LogP contribution in [0.5, 0.6) is 0 Å². The molecule has 1 rings (SSSR count). The maximum absolute atomic E-state index is 4.29. The Balaban J connectivity index is 2.37. The van der Waals surface area contributed by atoms with Crippen molar-refractivity contribution in [3.05, 3.63) is 22.8 Å². The lowest BCUT2D eigenvalue weighted by Gasteiger charge is -2.15. The second-order valence-corrected chi connectivity index (χ2v) is 5.29. The number of nitrogens with one attached hydrogen (secondary N) is 1. The van der Waals surface area contributed by atoms with Crippen LogP contribution in [0, 0.1) is 5.92 Å². The SMILES string of the molecule is CC(C)CCC(C)Nc1ccc(Br)cn1. The maximum atomic E-state index is 4.29. The summed E-state index contributed by atoms with van der Waals surface area (Å²) in [7, 11) is 0. The molecule has 1 unspecified atom stereocenters. The summed E-state index contributed by atoms with van der Waals surface area (Å²) in [5, 5.41) is 3.39. The average Bonchev–Trinajstić information content (AvgIpc) is 2.19. The van der Waals surface area contributed by atoms with Crippen molar-refractivity contribution in [3.63, 3.8) is 0 Å². The molecule has 0 fully saturated rings. The summed E-state index contributed by atoms with van der Waals surface area (Å²) in [6.45, 7) is 6.71. The molecule has 2 nitrogen and oxygen atoms in total. The van der Waals surface area contributed by atoms with E-state index in [9.17, 15) is 0 Å². The third-order valence-corrected chi connectivity index (χ3v) is 2.77. The van der Waals surface area contributed by atoms with Gasteiger partial charge in [-0.2, -0.15) is 0 Å². The molecule has 3 heteroatoms. The van der Waals surface area contributed by atoms with Crippen LogP contribution in [0.4, 0.5) is 5.82 Å². The van der Waals surface area contributed by atoms with Crippen molar-refractivity contribution in [2.24, 2.45) is 5.92 Å². The fraction of sp³-hybridized carbons (Fsp3) is 0.583. The van der Waals surface area contributed by atoms with Crippen LogP contribution in [0.3, 0.4) is 0 Å². The van der Waals surface area contributed by atoms with Gasteiger partial charge in [-0.3, -0.25) is 0 Å². The Labute approximate surface area is 101 Å². The van der Waals surface area contributed by atoms with Gasteiger partial charge in [-0.05, 0) is 53.7 Å². The van der Waals surface area contributed by atoms with Gasteiger partial charge in [-0.1, -0.05) is 13.8 Å². The van der Waals surface area contributed by atoms with E-state index in [2.05, 4.69) is 47.0 Å². The van der Waals surface area contributed by atoms with E-state index in [-0.39, 0.29) is 0 Å². The fourth-order valence-corrected chi connectivity index (χ4v) is 1.60. The van der Waals surface area contributed by atoms with Crippen LogP contribution in [0.1, 0.15) is 33.6 Å². The molecule has 0 aliphatic rings. The molecule has 1 N–H and O–H groups in total. The first-order chi connectivity index (χ1) is 7.08. The highest BCUT2D eigenvalue weighted by atomic mass is 79.9. The van der Waals surface area contributed by atoms with Gasteiger partial charge < -0.3 is 5.32 Å². The van der Waals surface area contributed by atoms with Crippen molar-refractivity contribution >= 4 is 21.7 Å². The molecule has 1 aromatic rings. The summed E-state index contributed by atoms with van der Waals surface area (Å²) in [6.07, 6.45) is 4.26. The summed E-state index contributed by atoms with van der Waals surface area (Å²) in [5.74, 6) is 1.72. The first kappa shape index (κ1) is 12.5. The van der Waals surface area contributed by atoms with E-state index >= 15 is 0 Å². The highest BCUT2D eigenvalue weighted by Gasteiger charge is 2.04. The average molecular weight is 271 g/mol. The standard InChI is InChI=1S/C12H19BrN2/c1-9(2)4-5-10(3)15-12-7-6-11(13)8-14-12/h6-10H,4-5H2,1-3H3,(H,14,15). The molecule has 1 atom stereocenters. The Bertz CT molecular complexity index is 282. The zero-order valence-electron chi connectivity index (χ0n) is 9.63. The van der Waals surface area contributed by atoms with E-state index in [1.807, 2.05) is 18.3 Å². The molecule has 0 saturated carbocycles. The summed E-state index contributed by atoms with van der Waals surface area (Å²) in [4.78, 5) is 4.29. The minimum Gasteiger partial charge on any atom is -0.368 e.